The normalized spacial score (nSPS) is 9.94. The van der Waals surface area contributed by atoms with Crippen LogP contribution in [0.4, 0.5) is 0 Å². The summed E-state index contributed by atoms with van der Waals surface area (Å²) in [4.78, 5) is 11.9. The van der Waals surface area contributed by atoms with Gasteiger partial charge in [0, 0.05) is 12.6 Å². The van der Waals surface area contributed by atoms with Crippen molar-refractivity contribution in [1.29, 1.82) is 0 Å². The second kappa shape index (κ2) is 7.55. The van der Waals surface area contributed by atoms with Crippen molar-refractivity contribution in [2.75, 3.05) is 34.4 Å². The molecule has 0 aromatic heterocycles. The van der Waals surface area contributed by atoms with Crippen LogP contribution in [0, 0.1) is 0 Å². The van der Waals surface area contributed by atoms with Gasteiger partial charge in [0.05, 0.1) is 19.8 Å². The van der Waals surface area contributed by atoms with Crippen LogP contribution in [0.15, 0.2) is 18.2 Å². The highest BCUT2D eigenvalue weighted by atomic mass is 16.5. The molecule has 0 aliphatic heterocycles. The van der Waals surface area contributed by atoms with E-state index in [1.807, 2.05) is 7.05 Å². The third-order valence-corrected chi connectivity index (χ3v) is 2.54. The van der Waals surface area contributed by atoms with Gasteiger partial charge in [-0.15, -0.1) is 0 Å². The van der Waals surface area contributed by atoms with Crippen molar-refractivity contribution in [1.82, 2.24) is 10.6 Å². The van der Waals surface area contributed by atoms with E-state index in [1.54, 1.807) is 25.3 Å². The SMILES string of the molecule is CNCCCNC(=O)c1ccc(OC)cc1OC. The predicted molar refractivity (Wildman–Crippen MR) is 70.4 cm³/mol. The summed E-state index contributed by atoms with van der Waals surface area (Å²) in [5.74, 6) is 1.05. The van der Waals surface area contributed by atoms with Gasteiger partial charge in [-0.3, -0.25) is 4.79 Å². The van der Waals surface area contributed by atoms with Gasteiger partial charge in [0.1, 0.15) is 11.5 Å². The number of benzene rings is 1. The van der Waals surface area contributed by atoms with E-state index in [9.17, 15) is 4.79 Å². The highest BCUT2D eigenvalue weighted by Gasteiger charge is 2.12. The highest BCUT2D eigenvalue weighted by Crippen LogP contribution is 2.24. The van der Waals surface area contributed by atoms with Crippen molar-refractivity contribution in [3.05, 3.63) is 23.8 Å². The number of hydrogen-bond donors (Lipinski definition) is 2. The lowest BCUT2D eigenvalue weighted by Crippen LogP contribution is -2.26. The number of ether oxygens (including phenoxy) is 2. The average Bonchev–Trinajstić information content (AvgIpc) is 2.42. The summed E-state index contributed by atoms with van der Waals surface area (Å²) in [6, 6.07) is 5.14. The maximum absolute atomic E-state index is 11.9. The third kappa shape index (κ3) is 3.92. The minimum Gasteiger partial charge on any atom is -0.497 e. The Morgan fingerprint density at radius 2 is 2.00 bits per heavy atom. The van der Waals surface area contributed by atoms with Crippen molar-refractivity contribution >= 4 is 5.91 Å². The van der Waals surface area contributed by atoms with Crippen LogP contribution in [0.3, 0.4) is 0 Å². The summed E-state index contributed by atoms with van der Waals surface area (Å²) < 4.78 is 10.3. The smallest absolute Gasteiger partial charge is 0.255 e. The topological polar surface area (TPSA) is 59.6 Å². The number of nitrogens with one attached hydrogen (secondary N) is 2. The van der Waals surface area contributed by atoms with Crippen molar-refractivity contribution in [2.45, 2.75) is 6.42 Å². The van der Waals surface area contributed by atoms with Crippen molar-refractivity contribution < 1.29 is 14.3 Å². The van der Waals surface area contributed by atoms with Gasteiger partial charge >= 0.3 is 0 Å². The number of methoxy groups -OCH3 is 2. The molecule has 100 valence electrons. The maximum atomic E-state index is 11.9. The van der Waals surface area contributed by atoms with Gasteiger partial charge in [-0.2, -0.15) is 0 Å². The molecule has 1 amide bonds. The fourth-order valence-electron chi connectivity index (χ4n) is 1.55. The molecule has 0 bridgehead atoms. The third-order valence-electron chi connectivity index (χ3n) is 2.54. The van der Waals surface area contributed by atoms with E-state index in [-0.39, 0.29) is 5.91 Å². The molecule has 0 fully saturated rings. The molecule has 0 spiro atoms. The fourth-order valence-corrected chi connectivity index (χ4v) is 1.55. The van der Waals surface area contributed by atoms with Crippen LogP contribution in [0.5, 0.6) is 11.5 Å². The Morgan fingerprint density at radius 3 is 2.61 bits per heavy atom. The molecule has 1 aromatic carbocycles. The van der Waals surface area contributed by atoms with E-state index in [2.05, 4.69) is 10.6 Å². The average molecular weight is 252 g/mol. The molecular weight excluding hydrogens is 232 g/mol. The molecule has 1 rings (SSSR count). The zero-order chi connectivity index (χ0) is 13.4. The lowest BCUT2D eigenvalue weighted by Gasteiger charge is -2.10. The zero-order valence-electron chi connectivity index (χ0n) is 11.1. The summed E-state index contributed by atoms with van der Waals surface area (Å²) >= 11 is 0. The molecule has 0 saturated carbocycles. The van der Waals surface area contributed by atoms with Gasteiger partial charge in [0.15, 0.2) is 0 Å². The number of hydrogen-bond acceptors (Lipinski definition) is 4. The van der Waals surface area contributed by atoms with E-state index < -0.39 is 0 Å². The Kier molecular flexibility index (Phi) is 6.00. The van der Waals surface area contributed by atoms with Crippen molar-refractivity contribution in [3.8, 4) is 11.5 Å². The molecule has 0 heterocycles. The first-order chi connectivity index (χ1) is 8.72. The minimum absolute atomic E-state index is 0.134. The van der Waals surface area contributed by atoms with Gasteiger partial charge in [0.2, 0.25) is 0 Å². The maximum Gasteiger partial charge on any atom is 0.255 e. The molecule has 0 atom stereocenters. The number of carbonyl (C=O) groups excluding carboxylic acids is 1. The Morgan fingerprint density at radius 1 is 1.22 bits per heavy atom. The summed E-state index contributed by atoms with van der Waals surface area (Å²) in [7, 11) is 4.99. The first-order valence-electron chi connectivity index (χ1n) is 5.87. The first-order valence-corrected chi connectivity index (χ1v) is 5.87. The molecule has 0 unspecified atom stereocenters. The summed E-state index contributed by atoms with van der Waals surface area (Å²) in [6.45, 7) is 1.51. The molecule has 2 N–H and O–H groups in total. The molecule has 0 aliphatic rings. The second-order valence-electron chi connectivity index (χ2n) is 3.78. The van der Waals surface area contributed by atoms with Crippen LogP contribution in [-0.4, -0.2) is 40.3 Å². The zero-order valence-corrected chi connectivity index (χ0v) is 11.1. The molecular formula is C13H20N2O3. The molecule has 0 saturated heterocycles. The quantitative estimate of drug-likeness (QED) is 0.712. The minimum atomic E-state index is -0.134. The van der Waals surface area contributed by atoms with Crippen LogP contribution >= 0.6 is 0 Å². The predicted octanol–water partition coefficient (Wildman–Crippen LogP) is 1.04. The van der Waals surface area contributed by atoms with Crippen LogP contribution < -0.4 is 20.1 Å². The number of carbonyl (C=O) groups is 1. The lowest BCUT2D eigenvalue weighted by atomic mass is 10.1. The van der Waals surface area contributed by atoms with Gasteiger partial charge in [-0.25, -0.2) is 0 Å². The Bertz CT molecular complexity index is 394. The van der Waals surface area contributed by atoms with Crippen LogP contribution in [-0.2, 0) is 0 Å². The van der Waals surface area contributed by atoms with Crippen molar-refractivity contribution in [2.24, 2.45) is 0 Å². The van der Waals surface area contributed by atoms with Crippen LogP contribution in [0.2, 0.25) is 0 Å². The van der Waals surface area contributed by atoms with Crippen LogP contribution in [0.25, 0.3) is 0 Å². The van der Waals surface area contributed by atoms with Gasteiger partial charge in [0.25, 0.3) is 5.91 Å². The largest absolute Gasteiger partial charge is 0.497 e. The van der Waals surface area contributed by atoms with E-state index in [4.69, 9.17) is 9.47 Å². The van der Waals surface area contributed by atoms with E-state index in [0.29, 0.717) is 23.6 Å². The Labute approximate surface area is 107 Å². The van der Waals surface area contributed by atoms with Crippen LogP contribution in [0.1, 0.15) is 16.8 Å². The summed E-state index contributed by atoms with van der Waals surface area (Å²) in [6.07, 6.45) is 0.890. The summed E-state index contributed by atoms with van der Waals surface area (Å²) in [5, 5.41) is 5.87. The molecule has 0 radical (unpaired) electrons. The van der Waals surface area contributed by atoms with Gasteiger partial charge in [-0.05, 0) is 32.1 Å². The monoisotopic (exact) mass is 252 g/mol. The standard InChI is InChI=1S/C13H20N2O3/c1-14-7-4-8-15-13(16)11-6-5-10(17-2)9-12(11)18-3/h5-6,9,14H,4,7-8H2,1-3H3,(H,15,16). The molecule has 5 heteroatoms. The Balaban J connectivity index is 2.66. The molecule has 0 aliphatic carbocycles. The number of amides is 1. The molecule has 18 heavy (non-hydrogen) atoms. The fraction of sp³-hybridized carbons (Fsp3) is 0.462. The van der Waals surface area contributed by atoms with E-state index in [1.165, 1.54) is 7.11 Å². The Hall–Kier alpha value is -1.75. The van der Waals surface area contributed by atoms with E-state index >= 15 is 0 Å². The number of rotatable bonds is 7. The first kappa shape index (κ1) is 14.3. The van der Waals surface area contributed by atoms with E-state index in [0.717, 1.165) is 13.0 Å². The summed E-state index contributed by atoms with van der Waals surface area (Å²) in [5.41, 5.74) is 0.516. The highest BCUT2D eigenvalue weighted by molar-refractivity contribution is 5.97. The molecule has 1 aromatic rings. The lowest BCUT2D eigenvalue weighted by molar-refractivity contribution is 0.0950. The van der Waals surface area contributed by atoms with Gasteiger partial charge < -0.3 is 20.1 Å². The van der Waals surface area contributed by atoms with Gasteiger partial charge in [-0.1, -0.05) is 0 Å². The molecule has 5 nitrogen and oxygen atoms in total. The van der Waals surface area contributed by atoms with Crippen molar-refractivity contribution in [3.63, 3.8) is 0 Å². The second-order valence-corrected chi connectivity index (χ2v) is 3.78.